The van der Waals surface area contributed by atoms with E-state index in [1.165, 1.54) is 0 Å². The summed E-state index contributed by atoms with van der Waals surface area (Å²) < 4.78 is 10.7. The average molecular weight is 520 g/mol. The van der Waals surface area contributed by atoms with Crippen molar-refractivity contribution in [1.82, 2.24) is 15.5 Å². The van der Waals surface area contributed by atoms with Crippen LogP contribution in [0.15, 0.2) is 48.5 Å². The van der Waals surface area contributed by atoms with Crippen LogP contribution in [0, 0.1) is 5.92 Å². The maximum atomic E-state index is 13.8. The van der Waals surface area contributed by atoms with Crippen LogP contribution in [-0.4, -0.2) is 61.4 Å². The molecule has 9 nitrogen and oxygen atoms in total. The van der Waals surface area contributed by atoms with Crippen LogP contribution in [0.2, 0.25) is 0 Å². The van der Waals surface area contributed by atoms with Gasteiger partial charge in [-0.2, -0.15) is 0 Å². The number of nitrogens with one attached hydrogen (secondary N) is 2. The van der Waals surface area contributed by atoms with E-state index in [1.807, 2.05) is 35.2 Å². The SMILES string of the molecule is COCCNC(=O)c1ccc2c(c1)C(CC(=O)N(Cc1ccccc1)[C@@H](C)C1CC1)C(=O)[C@]21OCNC1=O. The summed E-state index contributed by atoms with van der Waals surface area (Å²) in [7, 11) is 1.55. The summed E-state index contributed by atoms with van der Waals surface area (Å²) in [5.74, 6) is -1.96. The number of ether oxygens (including phenoxy) is 2. The summed E-state index contributed by atoms with van der Waals surface area (Å²) in [6.07, 6.45) is 2.04. The van der Waals surface area contributed by atoms with Crippen LogP contribution in [-0.2, 0) is 36.0 Å². The first-order valence-corrected chi connectivity index (χ1v) is 13.1. The Morgan fingerprint density at radius 3 is 2.61 bits per heavy atom. The van der Waals surface area contributed by atoms with E-state index in [0.29, 0.717) is 42.3 Å². The van der Waals surface area contributed by atoms with E-state index < -0.39 is 23.2 Å². The molecule has 3 amide bonds. The predicted molar refractivity (Wildman–Crippen MR) is 138 cm³/mol. The molecule has 1 unspecified atom stereocenters. The number of rotatable bonds is 10. The normalized spacial score (nSPS) is 22.7. The second-order valence-electron chi connectivity index (χ2n) is 10.2. The van der Waals surface area contributed by atoms with E-state index in [0.717, 1.165) is 18.4 Å². The summed E-state index contributed by atoms with van der Waals surface area (Å²) in [5.41, 5.74) is 0.439. The molecule has 1 heterocycles. The number of hydrogen-bond donors (Lipinski definition) is 2. The molecule has 2 aliphatic carbocycles. The van der Waals surface area contributed by atoms with Gasteiger partial charge in [0.15, 0.2) is 5.78 Å². The van der Waals surface area contributed by atoms with Crippen molar-refractivity contribution >= 4 is 23.5 Å². The molecular formula is C29H33N3O6. The van der Waals surface area contributed by atoms with Gasteiger partial charge in [-0.3, -0.25) is 19.2 Å². The Kier molecular flexibility index (Phi) is 7.32. The molecule has 2 aromatic carbocycles. The molecule has 1 saturated carbocycles. The van der Waals surface area contributed by atoms with Gasteiger partial charge in [-0.05, 0) is 48.9 Å². The lowest BCUT2D eigenvalue weighted by Crippen LogP contribution is -2.43. The van der Waals surface area contributed by atoms with Gasteiger partial charge in [-0.25, -0.2) is 0 Å². The quantitative estimate of drug-likeness (QED) is 0.368. The van der Waals surface area contributed by atoms with Crippen LogP contribution in [0.3, 0.4) is 0 Å². The number of benzene rings is 2. The molecule has 3 atom stereocenters. The standard InChI is InChI=1S/C29H33N3O6/c1-18(20-8-9-20)32(16-19-6-4-3-5-7-19)25(33)15-23-22-14-21(27(35)30-12-13-37-2)10-11-24(22)29(26(23)34)28(36)31-17-38-29/h3-7,10-11,14,18,20,23H,8-9,12-13,15-17H2,1-2H3,(H,30,35)(H,31,36)/t18-,23?,29+/m0/s1. The Labute approximate surface area is 221 Å². The lowest BCUT2D eigenvalue weighted by Gasteiger charge is -2.31. The van der Waals surface area contributed by atoms with Crippen molar-refractivity contribution in [3.05, 3.63) is 70.8 Å². The fourth-order valence-electron chi connectivity index (χ4n) is 5.55. The van der Waals surface area contributed by atoms with Gasteiger partial charge in [0.1, 0.15) is 6.73 Å². The number of Topliss-reactive ketones (excluding diaryl/α,β-unsaturated/α-hetero) is 1. The van der Waals surface area contributed by atoms with Crippen molar-refractivity contribution in [1.29, 1.82) is 0 Å². The first-order valence-electron chi connectivity index (χ1n) is 13.1. The number of carbonyl (C=O) groups is 4. The lowest BCUT2D eigenvalue weighted by atomic mass is 9.92. The molecule has 2 aromatic rings. The van der Waals surface area contributed by atoms with Crippen molar-refractivity contribution in [2.45, 2.75) is 50.3 Å². The summed E-state index contributed by atoms with van der Waals surface area (Å²) in [5, 5.41) is 5.37. The topological polar surface area (TPSA) is 114 Å². The molecule has 1 saturated heterocycles. The lowest BCUT2D eigenvalue weighted by molar-refractivity contribution is -0.150. The van der Waals surface area contributed by atoms with Gasteiger partial charge >= 0.3 is 0 Å². The summed E-state index contributed by atoms with van der Waals surface area (Å²) in [6, 6.07) is 14.6. The van der Waals surface area contributed by atoms with Crippen molar-refractivity contribution < 1.29 is 28.7 Å². The van der Waals surface area contributed by atoms with Crippen LogP contribution in [0.25, 0.3) is 0 Å². The Morgan fingerprint density at radius 2 is 1.95 bits per heavy atom. The zero-order chi connectivity index (χ0) is 26.9. The Balaban J connectivity index is 1.46. The molecule has 0 aromatic heterocycles. The van der Waals surface area contributed by atoms with Gasteiger partial charge < -0.3 is 25.0 Å². The maximum absolute atomic E-state index is 13.8. The zero-order valence-electron chi connectivity index (χ0n) is 21.7. The molecule has 2 fully saturated rings. The molecule has 200 valence electrons. The third-order valence-electron chi connectivity index (χ3n) is 7.86. The number of carbonyl (C=O) groups excluding carboxylic acids is 4. The zero-order valence-corrected chi connectivity index (χ0v) is 21.7. The highest BCUT2D eigenvalue weighted by atomic mass is 16.5. The van der Waals surface area contributed by atoms with Crippen molar-refractivity contribution in [2.75, 3.05) is 27.0 Å². The highest BCUT2D eigenvalue weighted by Crippen LogP contribution is 2.48. The number of fused-ring (bicyclic) bond motifs is 2. The predicted octanol–water partition coefficient (Wildman–Crippen LogP) is 2.25. The average Bonchev–Trinajstić information content (AvgIpc) is 3.67. The number of ketones is 1. The van der Waals surface area contributed by atoms with Gasteiger partial charge in [0, 0.05) is 43.8 Å². The smallest absolute Gasteiger partial charge is 0.266 e. The van der Waals surface area contributed by atoms with Gasteiger partial charge in [0.25, 0.3) is 11.8 Å². The Hall–Kier alpha value is -3.56. The molecule has 1 spiro atoms. The van der Waals surface area contributed by atoms with Crippen LogP contribution in [0.4, 0.5) is 0 Å². The van der Waals surface area contributed by atoms with E-state index in [9.17, 15) is 19.2 Å². The largest absolute Gasteiger partial charge is 0.383 e. The number of methoxy groups -OCH3 is 1. The first-order chi connectivity index (χ1) is 18.4. The van der Waals surface area contributed by atoms with E-state index in [1.54, 1.807) is 25.3 Å². The van der Waals surface area contributed by atoms with Gasteiger partial charge in [-0.1, -0.05) is 36.4 Å². The van der Waals surface area contributed by atoms with Gasteiger partial charge in [0.05, 0.1) is 12.5 Å². The molecule has 0 radical (unpaired) electrons. The van der Waals surface area contributed by atoms with Crippen molar-refractivity contribution in [2.24, 2.45) is 5.92 Å². The number of nitrogens with zero attached hydrogens (tertiary/aromatic N) is 1. The van der Waals surface area contributed by atoms with Crippen LogP contribution in [0.1, 0.15) is 59.2 Å². The summed E-state index contributed by atoms with van der Waals surface area (Å²) in [4.78, 5) is 55.2. The van der Waals surface area contributed by atoms with Gasteiger partial charge in [0.2, 0.25) is 11.5 Å². The molecule has 38 heavy (non-hydrogen) atoms. The van der Waals surface area contributed by atoms with Crippen LogP contribution >= 0.6 is 0 Å². The van der Waals surface area contributed by atoms with Crippen LogP contribution in [0.5, 0.6) is 0 Å². The second-order valence-corrected chi connectivity index (χ2v) is 10.2. The minimum atomic E-state index is -1.79. The third-order valence-corrected chi connectivity index (χ3v) is 7.86. The molecule has 0 bridgehead atoms. The highest BCUT2D eigenvalue weighted by Gasteiger charge is 2.61. The van der Waals surface area contributed by atoms with Crippen LogP contribution < -0.4 is 10.6 Å². The molecule has 9 heteroatoms. The van der Waals surface area contributed by atoms with Crippen molar-refractivity contribution in [3.8, 4) is 0 Å². The molecule has 3 aliphatic rings. The van der Waals surface area contributed by atoms with E-state index >= 15 is 0 Å². The third kappa shape index (κ3) is 4.72. The fraction of sp³-hybridized carbons (Fsp3) is 0.448. The van der Waals surface area contributed by atoms with E-state index in [-0.39, 0.29) is 31.0 Å². The van der Waals surface area contributed by atoms with E-state index in [2.05, 4.69) is 17.6 Å². The van der Waals surface area contributed by atoms with Crippen molar-refractivity contribution in [3.63, 3.8) is 0 Å². The van der Waals surface area contributed by atoms with Gasteiger partial charge in [-0.15, -0.1) is 0 Å². The number of amides is 3. The van der Waals surface area contributed by atoms with E-state index in [4.69, 9.17) is 9.47 Å². The minimum absolute atomic E-state index is 0.0246. The summed E-state index contributed by atoms with van der Waals surface area (Å²) >= 11 is 0. The Bertz CT molecular complexity index is 1240. The first kappa shape index (κ1) is 26.1. The molecular weight excluding hydrogens is 486 g/mol. The Morgan fingerprint density at radius 1 is 1.18 bits per heavy atom. The fourth-order valence-corrected chi connectivity index (χ4v) is 5.55. The minimum Gasteiger partial charge on any atom is -0.383 e. The molecule has 1 aliphatic heterocycles. The molecule has 5 rings (SSSR count). The molecule has 2 N–H and O–H groups in total. The monoisotopic (exact) mass is 519 g/mol. The maximum Gasteiger partial charge on any atom is 0.266 e. The highest BCUT2D eigenvalue weighted by molar-refractivity contribution is 6.17. The summed E-state index contributed by atoms with van der Waals surface area (Å²) in [6.45, 7) is 3.09. The number of hydrogen-bond acceptors (Lipinski definition) is 6. The second kappa shape index (κ2) is 10.7.